The molecule has 16 heavy (non-hydrogen) atoms. The molecule has 0 aliphatic heterocycles. The van der Waals surface area contributed by atoms with Crippen molar-refractivity contribution >= 4 is 26.9 Å². The van der Waals surface area contributed by atoms with Crippen LogP contribution in [0, 0.1) is 5.41 Å². The van der Waals surface area contributed by atoms with E-state index < -0.39 is 0 Å². The standard InChI is InChI=1S/C13H16BrNO/c1-13(2,3)12(15)11-6-8-4-5-9(14)7-10(8)16-11/h4-7,12H,15H2,1-3H3/t12-/m0/s1. The second-order valence-electron chi connectivity index (χ2n) is 5.17. The van der Waals surface area contributed by atoms with E-state index in [4.69, 9.17) is 10.2 Å². The Hall–Kier alpha value is -0.800. The lowest BCUT2D eigenvalue weighted by molar-refractivity contribution is 0.290. The van der Waals surface area contributed by atoms with Crippen LogP contribution in [0.1, 0.15) is 32.6 Å². The molecule has 3 heteroatoms. The molecule has 0 unspecified atom stereocenters. The number of hydrogen-bond acceptors (Lipinski definition) is 2. The predicted molar refractivity (Wildman–Crippen MR) is 70.3 cm³/mol. The minimum absolute atomic E-state index is 0.00507. The topological polar surface area (TPSA) is 39.2 Å². The molecule has 1 atom stereocenters. The van der Waals surface area contributed by atoms with Gasteiger partial charge < -0.3 is 10.2 Å². The second kappa shape index (κ2) is 3.90. The Labute approximate surface area is 104 Å². The largest absolute Gasteiger partial charge is 0.459 e. The van der Waals surface area contributed by atoms with Crippen LogP contribution in [0.15, 0.2) is 33.2 Å². The maximum Gasteiger partial charge on any atom is 0.135 e. The van der Waals surface area contributed by atoms with E-state index in [2.05, 4.69) is 36.7 Å². The summed E-state index contributed by atoms with van der Waals surface area (Å²) >= 11 is 3.43. The Bertz CT molecular complexity index is 510. The Kier molecular flexibility index (Phi) is 2.84. The minimum atomic E-state index is -0.0846. The molecule has 0 spiro atoms. The van der Waals surface area contributed by atoms with Gasteiger partial charge in [-0.1, -0.05) is 36.7 Å². The van der Waals surface area contributed by atoms with Crippen molar-refractivity contribution in [2.75, 3.05) is 0 Å². The summed E-state index contributed by atoms with van der Waals surface area (Å²) in [6.45, 7) is 6.34. The van der Waals surface area contributed by atoms with Gasteiger partial charge in [0, 0.05) is 9.86 Å². The molecule has 0 bridgehead atoms. The van der Waals surface area contributed by atoms with Crippen molar-refractivity contribution < 1.29 is 4.42 Å². The summed E-state index contributed by atoms with van der Waals surface area (Å²) in [5, 5.41) is 1.10. The number of nitrogens with two attached hydrogens (primary N) is 1. The first-order chi connectivity index (χ1) is 7.38. The summed E-state index contributed by atoms with van der Waals surface area (Å²) in [6, 6.07) is 7.94. The molecule has 86 valence electrons. The average Bonchev–Trinajstić information content (AvgIpc) is 2.57. The Morgan fingerprint density at radius 1 is 1.25 bits per heavy atom. The summed E-state index contributed by atoms with van der Waals surface area (Å²) < 4.78 is 6.80. The zero-order chi connectivity index (χ0) is 11.9. The van der Waals surface area contributed by atoms with E-state index in [1.165, 1.54) is 0 Å². The van der Waals surface area contributed by atoms with Crippen molar-refractivity contribution in [2.45, 2.75) is 26.8 Å². The SMILES string of the molecule is CC(C)(C)[C@@H](N)c1cc2ccc(Br)cc2o1. The van der Waals surface area contributed by atoms with Gasteiger partial charge in [-0.15, -0.1) is 0 Å². The maximum absolute atomic E-state index is 6.17. The first-order valence-corrected chi connectivity index (χ1v) is 6.12. The normalized spacial score (nSPS) is 14.3. The maximum atomic E-state index is 6.17. The molecular formula is C13H16BrNO. The van der Waals surface area contributed by atoms with E-state index in [9.17, 15) is 0 Å². The molecule has 0 radical (unpaired) electrons. The molecule has 0 fully saturated rings. The molecule has 0 aliphatic carbocycles. The molecule has 0 amide bonds. The van der Waals surface area contributed by atoms with Gasteiger partial charge in [0.1, 0.15) is 11.3 Å². The molecular weight excluding hydrogens is 266 g/mol. The predicted octanol–water partition coefficient (Wildman–Crippen LogP) is 4.24. The highest BCUT2D eigenvalue weighted by Gasteiger charge is 2.25. The summed E-state index contributed by atoms with van der Waals surface area (Å²) in [6.07, 6.45) is 0. The lowest BCUT2D eigenvalue weighted by Gasteiger charge is -2.24. The zero-order valence-electron chi connectivity index (χ0n) is 9.75. The molecule has 0 saturated carbocycles. The molecule has 1 heterocycles. The quantitative estimate of drug-likeness (QED) is 0.849. The number of fused-ring (bicyclic) bond motifs is 1. The van der Waals surface area contributed by atoms with Crippen LogP contribution in [0.3, 0.4) is 0 Å². The van der Waals surface area contributed by atoms with Crippen LogP contribution in [-0.4, -0.2) is 0 Å². The van der Waals surface area contributed by atoms with E-state index in [-0.39, 0.29) is 11.5 Å². The van der Waals surface area contributed by atoms with Crippen molar-refractivity contribution in [3.05, 3.63) is 34.5 Å². The third-order valence-electron chi connectivity index (χ3n) is 2.74. The van der Waals surface area contributed by atoms with Crippen molar-refractivity contribution in [1.82, 2.24) is 0 Å². The highest BCUT2D eigenvalue weighted by atomic mass is 79.9. The van der Waals surface area contributed by atoms with E-state index in [1.54, 1.807) is 0 Å². The van der Waals surface area contributed by atoms with Gasteiger partial charge in [-0.3, -0.25) is 0 Å². The Morgan fingerprint density at radius 3 is 2.56 bits per heavy atom. The molecule has 1 aromatic heterocycles. The van der Waals surface area contributed by atoms with Crippen molar-refractivity contribution in [1.29, 1.82) is 0 Å². The monoisotopic (exact) mass is 281 g/mol. The molecule has 0 saturated heterocycles. The number of rotatable bonds is 1. The van der Waals surface area contributed by atoms with Gasteiger partial charge in [0.25, 0.3) is 0 Å². The fourth-order valence-corrected chi connectivity index (χ4v) is 1.95. The van der Waals surface area contributed by atoms with Gasteiger partial charge in [0.05, 0.1) is 6.04 Å². The minimum Gasteiger partial charge on any atom is -0.459 e. The fraction of sp³-hybridized carbons (Fsp3) is 0.385. The van der Waals surface area contributed by atoms with E-state index in [0.717, 1.165) is 21.2 Å². The van der Waals surface area contributed by atoms with Crippen LogP contribution < -0.4 is 5.73 Å². The third kappa shape index (κ3) is 2.15. The van der Waals surface area contributed by atoms with E-state index >= 15 is 0 Å². The molecule has 2 aromatic rings. The number of furan rings is 1. The smallest absolute Gasteiger partial charge is 0.135 e. The van der Waals surface area contributed by atoms with Gasteiger partial charge in [0.15, 0.2) is 0 Å². The number of benzene rings is 1. The first kappa shape index (κ1) is 11.7. The van der Waals surface area contributed by atoms with Crippen molar-refractivity contribution in [3.8, 4) is 0 Å². The van der Waals surface area contributed by atoms with Gasteiger partial charge in [-0.2, -0.15) is 0 Å². The highest BCUT2D eigenvalue weighted by Crippen LogP contribution is 2.34. The van der Waals surface area contributed by atoms with Crippen LogP contribution in [0.2, 0.25) is 0 Å². The van der Waals surface area contributed by atoms with Crippen LogP contribution in [0.5, 0.6) is 0 Å². The summed E-state index contributed by atoms with van der Waals surface area (Å²) in [5.41, 5.74) is 7.05. The zero-order valence-corrected chi connectivity index (χ0v) is 11.3. The van der Waals surface area contributed by atoms with Gasteiger partial charge in [-0.25, -0.2) is 0 Å². The average molecular weight is 282 g/mol. The highest BCUT2D eigenvalue weighted by molar-refractivity contribution is 9.10. The van der Waals surface area contributed by atoms with Gasteiger partial charge in [0.2, 0.25) is 0 Å². The van der Waals surface area contributed by atoms with Crippen LogP contribution in [-0.2, 0) is 0 Å². The number of halogens is 1. The molecule has 2 nitrogen and oxygen atoms in total. The van der Waals surface area contributed by atoms with E-state index in [1.807, 2.05) is 24.3 Å². The summed E-state index contributed by atoms with van der Waals surface area (Å²) in [7, 11) is 0. The van der Waals surface area contributed by atoms with E-state index in [0.29, 0.717) is 0 Å². The van der Waals surface area contributed by atoms with Gasteiger partial charge in [-0.05, 0) is 29.7 Å². The first-order valence-electron chi connectivity index (χ1n) is 5.32. The summed E-state index contributed by atoms with van der Waals surface area (Å²) in [4.78, 5) is 0. The fourth-order valence-electron chi connectivity index (χ4n) is 1.61. The van der Waals surface area contributed by atoms with Crippen molar-refractivity contribution in [2.24, 2.45) is 11.1 Å². The molecule has 2 N–H and O–H groups in total. The van der Waals surface area contributed by atoms with Crippen LogP contribution in [0.4, 0.5) is 0 Å². The lowest BCUT2D eigenvalue weighted by Crippen LogP contribution is -2.25. The van der Waals surface area contributed by atoms with Crippen LogP contribution >= 0.6 is 15.9 Å². The lowest BCUT2D eigenvalue weighted by atomic mass is 9.86. The van der Waals surface area contributed by atoms with Crippen molar-refractivity contribution in [3.63, 3.8) is 0 Å². The molecule has 2 rings (SSSR count). The third-order valence-corrected chi connectivity index (χ3v) is 3.23. The Morgan fingerprint density at radius 2 is 1.94 bits per heavy atom. The Balaban J connectivity index is 2.47. The molecule has 0 aliphatic rings. The van der Waals surface area contributed by atoms with Crippen LogP contribution in [0.25, 0.3) is 11.0 Å². The number of hydrogen-bond donors (Lipinski definition) is 1. The molecule has 1 aromatic carbocycles. The van der Waals surface area contributed by atoms with Gasteiger partial charge >= 0.3 is 0 Å². The summed E-state index contributed by atoms with van der Waals surface area (Å²) in [5.74, 6) is 0.848. The second-order valence-corrected chi connectivity index (χ2v) is 6.09.